The lowest BCUT2D eigenvalue weighted by atomic mass is 10.2. The average molecular weight is 251 g/mol. The molecule has 0 radical (unpaired) electrons. The summed E-state index contributed by atoms with van der Waals surface area (Å²) < 4.78 is 5.61. The van der Waals surface area contributed by atoms with Gasteiger partial charge in [-0.25, -0.2) is 9.78 Å². The minimum absolute atomic E-state index is 0.00180. The molecule has 7 nitrogen and oxygen atoms in total. The summed E-state index contributed by atoms with van der Waals surface area (Å²) in [6.45, 7) is 3.50. The first-order valence-electron chi connectivity index (χ1n) is 6.28. The van der Waals surface area contributed by atoms with Crippen LogP contribution < -0.4 is 5.32 Å². The van der Waals surface area contributed by atoms with Crippen LogP contribution in [-0.2, 0) is 4.74 Å². The summed E-state index contributed by atoms with van der Waals surface area (Å²) in [5, 5.41) is 9.86. The molecule has 0 spiro atoms. The third-order valence-corrected chi connectivity index (χ3v) is 3.16. The second kappa shape index (κ2) is 4.56. The predicted octanol–water partition coefficient (Wildman–Crippen LogP) is 0.358. The number of aromatic nitrogens is 3. The van der Waals surface area contributed by atoms with Gasteiger partial charge in [0.1, 0.15) is 11.9 Å². The van der Waals surface area contributed by atoms with Crippen LogP contribution in [0.3, 0.4) is 0 Å². The Hall–Kier alpha value is -1.63. The van der Waals surface area contributed by atoms with Crippen molar-refractivity contribution in [1.29, 1.82) is 0 Å². The van der Waals surface area contributed by atoms with Gasteiger partial charge in [-0.05, 0) is 19.8 Å². The highest BCUT2D eigenvalue weighted by Crippen LogP contribution is 2.21. The number of carbonyl (C=O) groups excluding carboxylic acids is 1. The second-order valence-corrected chi connectivity index (χ2v) is 4.81. The van der Waals surface area contributed by atoms with E-state index in [9.17, 15) is 4.79 Å². The van der Waals surface area contributed by atoms with E-state index in [-0.39, 0.29) is 12.1 Å². The molecule has 1 saturated carbocycles. The zero-order valence-electron chi connectivity index (χ0n) is 10.3. The molecule has 1 aromatic heterocycles. The van der Waals surface area contributed by atoms with Crippen molar-refractivity contribution in [3.8, 4) is 0 Å². The van der Waals surface area contributed by atoms with Gasteiger partial charge in [0.2, 0.25) is 0 Å². The van der Waals surface area contributed by atoms with E-state index in [1.807, 2.05) is 6.92 Å². The highest BCUT2D eigenvalue weighted by atomic mass is 16.5. The third-order valence-electron chi connectivity index (χ3n) is 3.16. The van der Waals surface area contributed by atoms with Crippen molar-refractivity contribution < 1.29 is 9.53 Å². The lowest BCUT2D eigenvalue weighted by Gasteiger charge is -2.31. The van der Waals surface area contributed by atoms with Crippen LogP contribution in [0.4, 0.5) is 4.79 Å². The number of aromatic amines is 1. The number of amides is 2. The van der Waals surface area contributed by atoms with E-state index in [0.717, 1.165) is 18.7 Å². The van der Waals surface area contributed by atoms with Crippen molar-refractivity contribution in [2.24, 2.45) is 0 Å². The number of nitrogens with zero attached hydrogens (tertiary/aromatic N) is 3. The second-order valence-electron chi connectivity index (χ2n) is 4.81. The number of morpholine rings is 1. The number of nitrogens with one attached hydrogen (secondary N) is 2. The van der Waals surface area contributed by atoms with E-state index in [1.165, 1.54) is 0 Å². The number of ether oxygens (including phenoxy) is 1. The van der Waals surface area contributed by atoms with Gasteiger partial charge in [-0.15, -0.1) is 0 Å². The molecule has 98 valence electrons. The number of urea groups is 1. The number of aryl methyl sites for hydroxylation is 1. The Balaban J connectivity index is 1.62. The zero-order valence-corrected chi connectivity index (χ0v) is 10.3. The molecular weight excluding hydrogens is 234 g/mol. The molecule has 0 bridgehead atoms. The van der Waals surface area contributed by atoms with Crippen LogP contribution in [0.5, 0.6) is 0 Å². The highest BCUT2D eigenvalue weighted by Gasteiger charge is 2.31. The largest absolute Gasteiger partial charge is 0.366 e. The van der Waals surface area contributed by atoms with Crippen molar-refractivity contribution in [1.82, 2.24) is 25.4 Å². The lowest BCUT2D eigenvalue weighted by molar-refractivity contribution is -0.0198. The number of H-pyrrole nitrogens is 1. The van der Waals surface area contributed by atoms with Crippen molar-refractivity contribution >= 4 is 6.03 Å². The van der Waals surface area contributed by atoms with E-state index < -0.39 is 0 Å². The smallest absolute Gasteiger partial charge is 0.317 e. The monoisotopic (exact) mass is 251 g/mol. The molecule has 2 amide bonds. The van der Waals surface area contributed by atoms with Crippen molar-refractivity contribution in [2.45, 2.75) is 31.9 Å². The van der Waals surface area contributed by atoms with Gasteiger partial charge in [0.05, 0.1) is 13.2 Å². The Morgan fingerprint density at radius 2 is 2.39 bits per heavy atom. The fraction of sp³-hybridized carbons (Fsp3) is 0.727. The van der Waals surface area contributed by atoms with Gasteiger partial charge in [-0.3, -0.25) is 5.10 Å². The van der Waals surface area contributed by atoms with E-state index in [2.05, 4.69) is 20.5 Å². The SMILES string of the molecule is Cc1nc([C@@H]2CN(C(=O)NC3CC3)CCO2)n[nH]1. The van der Waals surface area contributed by atoms with Crippen LogP contribution in [0.25, 0.3) is 0 Å². The van der Waals surface area contributed by atoms with Crippen LogP contribution in [-0.4, -0.2) is 51.9 Å². The number of carbonyl (C=O) groups is 1. The molecule has 1 aliphatic heterocycles. The van der Waals surface area contributed by atoms with Crippen molar-refractivity contribution in [2.75, 3.05) is 19.7 Å². The Morgan fingerprint density at radius 3 is 3.06 bits per heavy atom. The first-order valence-corrected chi connectivity index (χ1v) is 6.28. The Kier molecular flexibility index (Phi) is 2.91. The molecule has 3 rings (SSSR count). The summed E-state index contributed by atoms with van der Waals surface area (Å²) >= 11 is 0. The summed E-state index contributed by atoms with van der Waals surface area (Å²) in [5.41, 5.74) is 0. The van der Waals surface area contributed by atoms with Gasteiger partial charge in [-0.2, -0.15) is 5.10 Å². The molecule has 0 unspecified atom stereocenters. The molecule has 1 aliphatic carbocycles. The Bertz CT molecular complexity index is 442. The van der Waals surface area contributed by atoms with E-state index in [0.29, 0.717) is 31.6 Å². The summed E-state index contributed by atoms with van der Waals surface area (Å²) in [6, 6.07) is 0.377. The van der Waals surface area contributed by atoms with Gasteiger partial charge in [0.15, 0.2) is 5.82 Å². The highest BCUT2D eigenvalue weighted by molar-refractivity contribution is 5.75. The molecule has 2 heterocycles. The Morgan fingerprint density at radius 1 is 1.56 bits per heavy atom. The third kappa shape index (κ3) is 2.45. The van der Waals surface area contributed by atoms with Gasteiger partial charge in [-0.1, -0.05) is 0 Å². The molecule has 1 saturated heterocycles. The summed E-state index contributed by atoms with van der Waals surface area (Å²) in [4.78, 5) is 18.0. The molecule has 2 N–H and O–H groups in total. The van der Waals surface area contributed by atoms with Crippen LogP contribution in [0.2, 0.25) is 0 Å². The maximum Gasteiger partial charge on any atom is 0.317 e. The average Bonchev–Trinajstić information content (AvgIpc) is 3.08. The summed E-state index contributed by atoms with van der Waals surface area (Å²) in [7, 11) is 0. The zero-order chi connectivity index (χ0) is 12.5. The minimum Gasteiger partial charge on any atom is -0.366 e. The van der Waals surface area contributed by atoms with Gasteiger partial charge in [0, 0.05) is 12.6 Å². The fourth-order valence-electron chi connectivity index (χ4n) is 1.99. The lowest BCUT2D eigenvalue weighted by Crippen LogP contribution is -2.47. The van der Waals surface area contributed by atoms with Crippen LogP contribution in [0.1, 0.15) is 30.6 Å². The van der Waals surface area contributed by atoms with Crippen LogP contribution in [0.15, 0.2) is 0 Å². The Labute approximate surface area is 105 Å². The first-order chi connectivity index (χ1) is 8.72. The van der Waals surface area contributed by atoms with E-state index in [1.54, 1.807) is 4.90 Å². The predicted molar refractivity (Wildman–Crippen MR) is 62.9 cm³/mol. The van der Waals surface area contributed by atoms with Gasteiger partial charge >= 0.3 is 6.03 Å². The summed E-state index contributed by atoms with van der Waals surface area (Å²) in [5.74, 6) is 1.38. The molecule has 7 heteroatoms. The molecule has 0 aromatic carbocycles. The molecule has 2 fully saturated rings. The number of hydrogen-bond acceptors (Lipinski definition) is 4. The molecule has 2 aliphatic rings. The normalized spacial score (nSPS) is 24.1. The minimum atomic E-state index is -0.228. The first kappa shape index (κ1) is 11.5. The topological polar surface area (TPSA) is 83.1 Å². The quantitative estimate of drug-likeness (QED) is 0.795. The van der Waals surface area contributed by atoms with Crippen LogP contribution >= 0.6 is 0 Å². The number of hydrogen-bond donors (Lipinski definition) is 2. The van der Waals surface area contributed by atoms with E-state index >= 15 is 0 Å². The molecule has 1 atom stereocenters. The number of rotatable bonds is 2. The molecular formula is C11H17N5O2. The maximum atomic E-state index is 11.9. The maximum absolute atomic E-state index is 11.9. The standard InChI is InChI=1S/C11H17N5O2/c1-7-12-10(15-14-7)9-6-16(4-5-18-9)11(17)13-8-2-3-8/h8-9H,2-6H2,1H3,(H,13,17)(H,12,14,15)/t9-/m0/s1. The van der Waals surface area contributed by atoms with Gasteiger partial charge < -0.3 is 15.0 Å². The van der Waals surface area contributed by atoms with E-state index in [4.69, 9.17) is 4.74 Å². The summed E-state index contributed by atoms with van der Waals surface area (Å²) in [6.07, 6.45) is 1.97. The molecule has 1 aromatic rings. The van der Waals surface area contributed by atoms with Crippen molar-refractivity contribution in [3.05, 3.63) is 11.6 Å². The van der Waals surface area contributed by atoms with Crippen LogP contribution in [0, 0.1) is 6.92 Å². The van der Waals surface area contributed by atoms with Gasteiger partial charge in [0.25, 0.3) is 0 Å². The molecule has 18 heavy (non-hydrogen) atoms. The van der Waals surface area contributed by atoms with Crippen molar-refractivity contribution in [3.63, 3.8) is 0 Å². The fourth-order valence-corrected chi connectivity index (χ4v) is 1.99.